The zero-order chi connectivity index (χ0) is 30.6. The van der Waals surface area contributed by atoms with E-state index in [0.29, 0.717) is 0 Å². The molecule has 4 aromatic heterocycles. The highest BCUT2D eigenvalue weighted by molar-refractivity contribution is 7.26. The Kier molecular flexibility index (Phi) is 4.96. The molecule has 0 saturated carbocycles. The Labute approximate surface area is 271 Å². The average molecular weight is 622 g/mol. The summed E-state index contributed by atoms with van der Waals surface area (Å²) in [6, 6.07) is 48.8. The van der Waals surface area contributed by atoms with E-state index in [2.05, 4.69) is 108 Å². The van der Waals surface area contributed by atoms with Crippen molar-refractivity contribution in [2.45, 2.75) is 0 Å². The van der Waals surface area contributed by atoms with Crippen LogP contribution in [-0.2, 0) is 0 Å². The minimum absolute atomic E-state index is 0.848. The first-order valence-corrected chi connectivity index (χ1v) is 16.5. The van der Waals surface area contributed by atoms with Gasteiger partial charge in [0.15, 0.2) is 0 Å². The van der Waals surface area contributed by atoms with E-state index in [9.17, 15) is 0 Å². The molecule has 0 aliphatic carbocycles. The number of nitrogens with zero attached hydrogens (tertiary/aromatic N) is 1. The summed E-state index contributed by atoms with van der Waals surface area (Å²) in [7, 11) is 0. The molecule has 0 amide bonds. The van der Waals surface area contributed by atoms with Crippen molar-refractivity contribution in [1.29, 1.82) is 0 Å². The third-order valence-electron chi connectivity index (χ3n) is 9.46. The lowest BCUT2D eigenvalue weighted by Crippen LogP contribution is -2.10. The van der Waals surface area contributed by atoms with Gasteiger partial charge in [0, 0.05) is 76.0 Å². The number of fused-ring (bicyclic) bond motifs is 13. The van der Waals surface area contributed by atoms with Gasteiger partial charge in [-0.3, -0.25) is 0 Å². The molecule has 0 aliphatic rings. The molecule has 0 N–H and O–H groups in total. The Hall–Kier alpha value is -6.04. The molecule has 5 heteroatoms. The van der Waals surface area contributed by atoms with Crippen molar-refractivity contribution in [3.05, 3.63) is 140 Å². The number of rotatable bonds is 3. The summed E-state index contributed by atoms with van der Waals surface area (Å²) in [5, 5.41) is 8.97. The van der Waals surface area contributed by atoms with E-state index in [1.54, 1.807) is 11.3 Å². The topological polar surface area (TPSA) is 42.7 Å². The second kappa shape index (κ2) is 9.25. The predicted octanol–water partition coefficient (Wildman–Crippen LogP) is 13.2. The first-order valence-electron chi connectivity index (χ1n) is 15.7. The van der Waals surface area contributed by atoms with E-state index in [4.69, 9.17) is 13.3 Å². The normalized spacial score (nSPS) is 12.3. The molecule has 47 heavy (non-hydrogen) atoms. The highest BCUT2D eigenvalue weighted by Crippen LogP contribution is 2.49. The highest BCUT2D eigenvalue weighted by atomic mass is 32.1. The number of benzene rings is 7. The number of hydrogen-bond donors (Lipinski definition) is 0. The van der Waals surface area contributed by atoms with Crippen molar-refractivity contribution in [3.8, 4) is 0 Å². The molecule has 0 fully saturated rings. The summed E-state index contributed by atoms with van der Waals surface area (Å²) in [4.78, 5) is 2.33. The van der Waals surface area contributed by atoms with Crippen molar-refractivity contribution >= 4 is 114 Å². The SMILES string of the molecule is c1ccc2c(c1)oc1cc(N(c3ccc4c(c3)oc3ccccc34)c3cccc4sc5ccc6c7ccccc7oc6c5c34)ccc12. The number of para-hydroxylation sites is 3. The summed E-state index contributed by atoms with van der Waals surface area (Å²) in [6.07, 6.45) is 0. The van der Waals surface area contributed by atoms with Gasteiger partial charge < -0.3 is 18.2 Å². The van der Waals surface area contributed by atoms with Crippen molar-refractivity contribution in [3.63, 3.8) is 0 Å². The van der Waals surface area contributed by atoms with Crippen molar-refractivity contribution < 1.29 is 13.3 Å². The molecule has 220 valence electrons. The van der Waals surface area contributed by atoms with Crippen LogP contribution in [0.1, 0.15) is 0 Å². The first kappa shape index (κ1) is 25.2. The van der Waals surface area contributed by atoms with Gasteiger partial charge in [0.05, 0.1) is 5.69 Å². The third kappa shape index (κ3) is 3.52. The van der Waals surface area contributed by atoms with Gasteiger partial charge in [-0.1, -0.05) is 60.7 Å². The minimum Gasteiger partial charge on any atom is -0.456 e. The van der Waals surface area contributed by atoms with Gasteiger partial charge in [-0.2, -0.15) is 0 Å². The van der Waals surface area contributed by atoms with Crippen LogP contribution in [0, 0.1) is 0 Å². The van der Waals surface area contributed by atoms with E-state index in [1.165, 1.54) is 9.40 Å². The smallest absolute Gasteiger partial charge is 0.144 e. The van der Waals surface area contributed by atoms with Gasteiger partial charge in [-0.25, -0.2) is 0 Å². The minimum atomic E-state index is 0.848. The lowest BCUT2D eigenvalue weighted by atomic mass is 10.0. The van der Waals surface area contributed by atoms with Crippen LogP contribution in [0.2, 0.25) is 0 Å². The number of hydrogen-bond acceptors (Lipinski definition) is 5. The number of thiophene rings is 1. The van der Waals surface area contributed by atoms with Crippen molar-refractivity contribution in [1.82, 2.24) is 0 Å². The Morgan fingerprint density at radius 3 is 1.53 bits per heavy atom. The average Bonchev–Trinajstić information content (AvgIpc) is 3.87. The molecule has 11 aromatic rings. The number of furan rings is 3. The van der Waals surface area contributed by atoms with Crippen LogP contribution in [0.15, 0.2) is 153 Å². The molecule has 0 atom stereocenters. The zero-order valence-electron chi connectivity index (χ0n) is 24.9. The molecular weight excluding hydrogens is 599 g/mol. The fourth-order valence-corrected chi connectivity index (χ4v) is 8.51. The van der Waals surface area contributed by atoms with Crippen molar-refractivity contribution in [2.24, 2.45) is 0 Å². The molecule has 0 radical (unpaired) electrons. The largest absolute Gasteiger partial charge is 0.456 e. The number of anilines is 3. The third-order valence-corrected chi connectivity index (χ3v) is 10.6. The highest BCUT2D eigenvalue weighted by Gasteiger charge is 2.23. The van der Waals surface area contributed by atoms with E-state index in [-0.39, 0.29) is 0 Å². The monoisotopic (exact) mass is 621 g/mol. The predicted molar refractivity (Wildman–Crippen MR) is 196 cm³/mol. The molecule has 0 unspecified atom stereocenters. The molecule has 11 rings (SSSR count). The molecule has 0 spiro atoms. The standard InChI is InChI=1S/C42H23NO3S/c1-4-12-33-26(8-1)29-18-16-24(22-36(29)44-33)43(25-17-19-30-27-9-2-5-13-34(27)45-37(30)23-25)32-11-7-15-38-40(32)41-39(47-38)21-20-31-28-10-3-6-14-35(28)46-42(31)41/h1-23H. The molecule has 7 aromatic carbocycles. The van der Waals surface area contributed by atoms with E-state index < -0.39 is 0 Å². The Balaban J connectivity index is 1.24. The van der Waals surface area contributed by atoms with Crippen LogP contribution in [0.4, 0.5) is 17.1 Å². The van der Waals surface area contributed by atoms with Gasteiger partial charge in [0.2, 0.25) is 0 Å². The van der Waals surface area contributed by atoms with Crippen LogP contribution in [0.25, 0.3) is 86.0 Å². The fourth-order valence-electron chi connectivity index (χ4n) is 7.39. The van der Waals surface area contributed by atoms with E-state index >= 15 is 0 Å². The molecule has 0 aliphatic heterocycles. The van der Waals surface area contributed by atoms with Gasteiger partial charge >= 0.3 is 0 Å². The second-order valence-electron chi connectivity index (χ2n) is 12.1. The fraction of sp³-hybridized carbons (Fsp3) is 0. The Morgan fingerprint density at radius 1 is 0.383 bits per heavy atom. The summed E-state index contributed by atoms with van der Waals surface area (Å²) < 4.78 is 21.8. The van der Waals surface area contributed by atoms with E-state index in [0.717, 1.165) is 93.7 Å². The summed E-state index contributed by atoms with van der Waals surface area (Å²) in [5.41, 5.74) is 8.33. The maximum Gasteiger partial charge on any atom is 0.144 e. The van der Waals surface area contributed by atoms with Crippen LogP contribution < -0.4 is 4.90 Å². The molecule has 4 heterocycles. The maximum atomic E-state index is 6.62. The van der Waals surface area contributed by atoms with Gasteiger partial charge in [-0.05, 0) is 66.7 Å². The van der Waals surface area contributed by atoms with Crippen molar-refractivity contribution in [2.75, 3.05) is 4.90 Å². The zero-order valence-corrected chi connectivity index (χ0v) is 25.7. The molecule has 0 bridgehead atoms. The quantitative estimate of drug-likeness (QED) is 0.197. The second-order valence-corrected chi connectivity index (χ2v) is 13.1. The van der Waals surface area contributed by atoms with Gasteiger partial charge in [0.1, 0.15) is 33.5 Å². The summed E-state index contributed by atoms with van der Waals surface area (Å²) in [6.45, 7) is 0. The Morgan fingerprint density at radius 2 is 0.894 bits per heavy atom. The van der Waals surface area contributed by atoms with Gasteiger partial charge in [0.25, 0.3) is 0 Å². The van der Waals surface area contributed by atoms with Crippen LogP contribution in [-0.4, -0.2) is 0 Å². The summed E-state index contributed by atoms with van der Waals surface area (Å²) in [5.74, 6) is 0. The molecule has 4 nitrogen and oxygen atoms in total. The lowest BCUT2D eigenvalue weighted by Gasteiger charge is -2.26. The van der Waals surface area contributed by atoms with E-state index in [1.807, 2.05) is 36.4 Å². The lowest BCUT2D eigenvalue weighted by molar-refractivity contribution is 0.669. The van der Waals surface area contributed by atoms with Crippen LogP contribution >= 0.6 is 11.3 Å². The Bertz CT molecular complexity index is 2930. The molecule has 0 saturated heterocycles. The maximum absolute atomic E-state index is 6.62. The molecular formula is C42H23NO3S. The van der Waals surface area contributed by atoms with Crippen LogP contribution in [0.5, 0.6) is 0 Å². The van der Waals surface area contributed by atoms with Gasteiger partial charge in [-0.15, -0.1) is 11.3 Å². The first-order chi connectivity index (χ1) is 23.3. The van der Waals surface area contributed by atoms with Crippen LogP contribution in [0.3, 0.4) is 0 Å². The summed E-state index contributed by atoms with van der Waals surface area (Å²) >= 11 is 1.80.